The summed E-state index contributed by atoms with van der Waals surface area (Å²) in [5.41, 5.74) is 5.00. The van der Waals surface area contributed by atoms with E-state index in [-0.39, 0.29) is 5.92 Å². The van der Waals surface area contributed by atoms with E-state index in [0.717, 1.165) is 53.6 Å². The van der Waals surface area contributed by atoms with Crippen molar-refractivity contribution in [1.82, 2.24) is 0 Å². The molecule has 1 saturated carbocycles. The molecule has 140 valence electrons. The molecule has 0 unspecified atom stereocenters. The van der Waals surface area contributed by atoms with Crippen molar-refractivity contribution in [2.24, 2.45) is 10.9 Å². The van der Waals surface area contributed by atoms with Gasteiger partial charge in [0.05, 0.1) is 18.9 Å². The lowest BCUT2D eigenvalue weighted by molar-refractivity contribution is -0.146. The summed E-state index contributed by atoms with van der Waals surface area (Å²) < 4.78 is 5.00. The van der Waals surface area contributed by atoms with Crippen molar-refractivity contribution in [3.8, 4) is 11.1 Å². The molecule has 0 aromatic heterocycles. The van der Waals surface area contributed by atoms with Crippen molar-refractivity contribution < 1.29 is 14.6 Å². The summed E-state index contributed by atoms with van der Waals surface area (Å²) in [6, 6.07) is 15.3. The number of aliphatic hydroxyl groups excluding tert-OH is 1. The highest BCUT2D eigenvalue weighted by Gasteiger charge is 2.36. The molecule has 4 heteroatoms. The number of hydrogen-bond donors (Lipinski definition) is 1. The van der Waals surface area contributed by atoms with Crippen LogP contribution in [0.15, 0.2) is 53.5 Å². The number of hydrogen-bond acceptors (Lipinski definition) is 4. The molecule has 27 heavy (non-hydrogen) atoms. The number of fused-ring (bicyclic) bond motifs is 3. The molecule has 0 aliphatic heterocycles. The molecule has 0 radical (unpaired) electrons. The van der Waals surface area contributed by atoms with Gasteiger partial charge in [0.15, 0.2) is 6.04 Å². The number of methoxy groups -OCH3 is 1. The van der Waals surface area contributed by atoms with Crippen LogP contribution < -0.4 is 0 Å². The van der Waals surface area contributed by atoms with Gasteiger partial charge in [0.2, 0.25) is 0 Å². The van der Waals surface area contributed by atoms with Gasteiger partial charge in [-0.3, -0.25) is 4.99 Å². The number of aliphatic hydroxyl groups is 1. The van der Waals surface area contributed by atoms with Gasteiger partial charge in [-0.25, -0.2) is 4.79 Å². The molecule has 2 aliphatic carbocycles. The fraction of sp³-hybridized carbons (Fsp3) is 0.391. The Balaban J connectivity index is 1.77. The summed E-state index contributed by atoms with van der Waals surface area (Å²) in [7, 11) is 1.36. The maximum Gasteiger partial charge on any atom is 0.333 e. The highest BCUT2D eigenvalue weighted by Crippen LogP contribution is 2.37. The third kappa shape index (κ3) is 3.30. The molecule has 0 heterocycles. The van der Waals surface area contributed by atoms with Crippen LogP contribution in [0.1, 0.15) is 43.2 Å². The minimum Gasteiger partial charge on any atom is -0.467 e. The van der Waals surface area contributed by atoms with Crippen LogP contribution in [-0.4, -0.2) is 36.0 Å². The highest BCUT2D eigenvalue weighted by molar-refractivity contribution is 6.24. The van der Waals surface area contributed by atoms with Gasteiger partial charge in [0.25, 0.3) is 0 Å². The Labute approximate surface area is 159 Å². The molecule has 2 aromatic carbocycles. The Morgan fingerprint density at radius 3 is 2.00 bits per heavy atom. The molecule has 1 N–H and O–H groups in total. The lowest BCUT2D eigenvalue weighted by atomic mass is 9.82. The van der Waals surface area contributed by atoms with Gasteiger partial charge in [0, 0.05) is 11.1 Å². The first-order chi connectivity index (χ1) is 13.2. The minimum atomic E-state index is -0.896. The lowest BCUT2D eigenvalue weighted by Gasteiger charge is -2.29. The monoisotopic (exact) mass is 363 g/mol. The molecule has 0 saturated heterocycles. The first kappa shape index (κ1) is 17.9. The highest BCUT2D eigenvalue weighted by atomic mass is 16.5. The van der Waals surface area contributed by atoms with E-state index < -0.39 is 18.1 Å². The fourth-order valence-corrected chi connectivity index (χ4v) is 4.39. The normalized spacial score (nSPS) is 18.4. The predicted octanol–water partition coefficient (Wildman–Crippen LogP) is 3.99. The molecule has 0 amide bonds. The Morgan fingerprint density at radius 1 is 0.963 bits per heavy atom. The maximum atomic E-state index is 12.5. The average Bonchev–Trinajstić information content (AvgIpc) is 3.05. The average molecular weight is 363 g/mol. The maximum absolute atomic E-state index is 12.5. The number of carbonyl (C=O) groups excluding carboxylic acids is 1. The second kappa shape index (κ2) is 7.65. The molecule has 0 bridgehead atoms. The Hall–Kier alpha value is -2.46. The standard InChI is InChI=1S/C23H25NO3/c1-27-23(26)21(22(25)15-9-3-2-4-10-15)24-20-18-13-7-5-11-16(18)17-12-6-8-14-19(17)20/h5-8,11-15,21-22,25H,2-4,9-10H2,1H3/t21-,22-/m0/s1. The lowest BCUT2D eigenvalue weighted by Crippen LogP contribution is -2.40. The fourth-order valence-electron chi connectivity index (χ4n) is 4.39. The molecule has 2 aromatic rings. The zero-order valence-corrected chi connectivity index (χ0v) is 15.6. The summed E-state index contributed by atoms with van der Waals surface area (Å²) in [6.45, 7) is 0. The van der Waals surface area contributed by atoms with Crippen LogP contribution in [-0.2, 0) is 9.53 Å². The van der Waals surface area contributed by atoms with Gasteiger partial charge in [0.1, 0.15) is 0 Å². The molecule has 2 atom stereocenters. The second-order valence-corrected chi connectivity index (χ2v) is 7.43. The Bertz CT molecular complexity index is 820. The number of ether oxygens (including phenoxy) is 1. The first-order valence-corrected chi connectivity index (χ1v) is 9.73. The smallest absolute Gasteiger partial charge is 0.333 e. The SMILES string of the molecule is COC(=O)[C@@H](N=C1c2ccccc2-c2ccccc21)[C@@H](O)C1CCCCC1. The zero-order chi connectivity index (χ0) is 18.8. The van der Waals surface area contributed by atoms with Crippen molar-refractivity contribution in [3.63, 3.8) is 0 Å². The van der Waals surface area contributed by atoms with Gasteiger partial charge < -0.3 is 9.84 Å². The van der Waals surface area contributed by atoms with E-state index in [0.29, 0.717) is 0 Å². The van der Waals surface area contributed by atoms with Gasteiger partial charge >= 0.3 is 5.97 Å². The number of carbonyl (C=O) groups is 1. The van der Waals surface area contributed by atoms with Crippen molar-refractivity contribution in [2.75, 3.05) is 7.11 Å². The largest absolute Gasteiger partial charge is 0.467 e. The summed E-state index contributed by atoms with van der Waals surface area (Å²) in [5, 5.41) is 11.0. The van der Waals surface area contributed by atoms with Crippen LogP contribution in [0, 0.1) is 5.92 Å². The van der Waals surface area contributed by atoms with Crippen LogP contribution in [0.4, 0.5) is 0 Å². The van der Waals surface area contributed by atoms with Gasteiger partial charge in [-0.05, 0) is 29.9 Å². The predicted molar refractivity (Wildman–Crippen MR) is 106 cm³/mol. The summed E-state index contributed by atoms with van der Waals surface area (Å²) >= 11 is 0. The summed E-state index contributed by atoms with van der Waals surface area (Å²) in [4.78, 5) is 17.3. The van der Waals surface area contributed by atoms with Crippen molar-refractivity contribution in [1.29, 1.82) is 0 Å². The molecule has 4 rings (SSSR count). The van der Waals surface area contributed by atoms with Crippen LogP contribution >= 0.6 is 0 Å². The second-order valence-electron chi connectivity index (χ2n) is 7.43. The van der Waals surface area contributed by atoms with Gasteiger partial charge in [-0.15, -0.1) is 0 Å². The molecule has 4 nitrogen and oxygen atoms in total. The molecular weight excluding hydrogens is 338 g/mol. The van der Waals surface area contributed by atoms with Crippen LogP contribution in [0.2, 0.25) is 0 Å². The number of aliphatic imine (C=N–C) groups is 1. The minimum absolute atomic E-state index is 0.0964. The zero-order valence-electron chi connectivity index (χ0n) is 15.6. The van der Waals surface area contributed by atoms with Crippen LogP contribution in [0.3, 0.4) is 0 Å². The Morgan fingerprint density at radius 2 is 1.48 bits per heavy atom. The van der Waals surface area contributed by atoms with Crippen molar-refractivity contribution in [3.05, 3.63) is 59.7 Å². The van der Waals surface area contributed by atoms with E-state index in [9.17, 15) is 9.90 Å². The van der Waals surface area contributed by atoms with E-state index in [1.165, 1.54) is 13.5 Å². The van der Waals surface area contributed by atoms with Gasteiger partial charge in [-0.2, -0.15) is 0 Å². The first-order valence-electron chi connectivity index (χ1n) is 9.73. The van der Waals surface area contributed by atoms with Crippen LogP contribution in [0.25, 0.3) is 11.1 Å². The van der Waals surface area contributed by atoms with Crippen molar-refractivity contribution in [2.45, 2.75) is 44.2 Å². The van der Waals surface area contributed by atoms with E-state index in [1.54, 1.807) is 0 Å². The molecule has 0 spiro atoms. The molecule has 2 aliphatic rings. The number of nitrogens with zero attached hydrogens (tertiary/aromatic N) is 1. The quantitative estimate of drug-likeness (QED) is 0.713. The van der Waals surface area contributed by atoms with E-state index >= 15 is 0 Å². The molecular formula is C23H25NO3. The van der Waals surface area contributed by atoms with E-state index in [2.05, 4.69) is 12.1 Å². The molecule has 1 fully saturated rings. The van der Waals surface area contributed by atoms with E-state index in [4.69, 9.17) is 9.73 Å². The summed E-state index contributed by atoms with van der Waals surface area (Å²) in [6.07, 6.45) is 4.45. The third-order valence-electron chi connectivity index (χ3n) is 5.82. The van der Waals surface area contributed by atoms with Gasteiger partial charge in [-0.1, -0.05) is 67.8 Å². The van der Waals surface area contributed by atoms with E-state index in [1.807, 2.05) is 36.4 Å². The third-order valence-corrected chi connectivity index (χ3v) is 5.82. The topological polar surface area (TPSA) is 58.9 Å². The number of esters is 1. The summed E-state index contributed by atoms with van der Waals surface area (Å²) in [5.74, 6) is -0.374. The van der Waals surface area contributed by atoms with Crippen molar-refractivity contribution >= 4 is 11.7 Å². The Kier molecular flexibility index (Phi) is 5.08. The number of rotatable bonds is 4. The van der Waals surface area contributed by atoms with Crippen LogP contribution in [0.5, 0.6) is 0 Å². The number of benzene rings is 2.